The summed E-state index contributed by atoms with van der Waals surface area (Å²) in [6, 6.07) is 0. The van der Waals surface area contributed by atoms with Gasteiger partial charge in [0.05, 0.1) is 13.2 Å². The fourth-order valence-corrected chi connectivity index (χ4v) is 2.89. The zero-order valence-corrected chi connectivity index (χ0v) is 11.0. The fraction of sp³-hybridized carbons (Fsp3) is 0.923. The number of ether oxygens (including phenoxy) is 1. The predicted octanol–water partition coefficient (Wildman–Crippen LogP) is 1.60. The van der Waals surface area contributed by atoms with Crippen molar-refractivity contribution >= 4 is 5.96 Å². The van der Waals surface area contributed by atoms with Gasteiger partial charge in [-0.2, -0.15) is 0 Å². The third-order valence-corrected chi connectivity index (χ3v) is 4.33. The minimum Gasteiger partial charge on any atom is -0.378 e. The van der Waals surface area contributed by atoms with E-state index in [4.69, 9.17) is 10.5 Å². The molecule has 2 rings (SSSR count). The van der Waals surface area contributed by atoms with E-state index in [1.807, 2.05) is 0 Å². The molecule has 0 bridgehead atoms. The van der Waals surface area contributed by atoms with Crippen LogP contribution in [0.4, 0.5) is 0 Å². The Balaban J connectivity index is 1.89. The minimum atomic E-state index is 0.441. The van der Waals surface area contributed by atoms with Gasteiger partial charge in [0.15, 0.2) is 5.96 Å². The number of rotatable bonds is 3. The molecule has 98 valence electrons. The second kappa shape index (κ2) is 5.71. The van der Waals surface area contributed by atoms with Crippen LogP contribution in [0.15, 0.2) is 4.99 Å². The molecule has 1 aliphatic heterocycles. The highest BCUT2D eigenvalue weighted by atomic mass is 16.5. The lowest BCUT2D eigenvalue weighted by atomic mass is 9.84. The second-order valence-electron chi connectivity index (χ2n) is 5.33. The summed E-state index contributed by atoms with van der Waals surface area (Å²) in [6.07, 6.45) is 6.60. The van der Waals surface area contributed by atoms with Crippen molar-refractivity contribution in [1.29, 1.82) is 0 Å². The van der Waals surface area contributed by atoms with Gasteiger partial charge in [0.1, 0.15) is 0 Å². The zero-order valence-electron chi connectivity index (χ0n) is 11.0. The first-order chi connectivity index (χ1) is 8.26. The van der Waals surface area contributed by atoms with E-state index in [9.17, 15) is 0 Å². The summed E-state index contributed by atoms with van der Waals surface area (Å²) in [6.45, 7) is 6.51. The van der Waals surface area contributed by atoms with Crippen LogP contribution < -0.4 is 5.73 Å². The molecule has 2 N–H and O–H groups in total. The Bertz CT molecular complexity index is 266. The Labute approximate surface area is 104 Å². The Hall–Kier alpha value is -0.770. The van der Waals surface area contributed by atoms with Crippen molar-refractivity contribution in [2.75, 3.05) is 32.8 Å². The predicted molar refractivity (Wildman–Crippen MR) is 70.1 cm³/mol. The molecule has 0 aromatic carbocycles. The number of hydrogen-bond acceptors (Lipinski definition) is 2. The smallest absolute Gasteiger partial charge is 0.191 e. The summed E-state index contributed by atoms with van der Waals surface area (Å²) in [4.78, 5) is 6.78. The number of nitrogens with two attached hydrogens (primary N) is 1. The van der Waals surface area contributed by atoms with Crippen LogP contribution in [0.3, 0.4) is 0 Å². The van der Waals surface area contributed by atoms with Crippen molar-refractivity contribution in [3.8, 4) is 0 Å². The van der Waals surface area contributed by atoms with Crippen LogP contribution in [0.5, 0.6) is 0 Å². The molecule has 0 aromatic rings. The van der Waals surface area contributed by atoms with E-state index in [1.54, 1.807) is 0 Å². The average Bonchev–Trinajstić information content (AvgIpc) is 2.86. The van der Waals surface area contributed by atoms with Crippen molar-refractivity contribution in [3.05, 3.63) is 0 Å². The molecule has 0 radical (unpaired) electrons. The van der Waals surface area contributed by atoms with Gasteiger partial charge in [-0.25, -0.2) is 0 Å². The van der Waals surface area contributed by atoms with Gasteiger partial charge in [0, 0.05) is 19.6 Å². The van der Waals surface area contributed by atoms with E-state index in [-0.39, 0.29) is 0 Å². The first kappa shape index (κ1) is 12.7. The van der Waals surface area contributed by atoms with Crippen LogP contribution >= 0.6 is 0 Å². The first-order valence-electron chi connectivity index (χ1n) is 6.88. The number of morpholine rings is 1. The molecule has 0 aromatic heterocycles. The van der Waals surface area contributed by atoms with Crippen molar-refractivity contribution in [3.63, 3.8) is 0 Å². The summed E-state index contributed by atoms with van der Waals surface area (Å²) >= 11 is 0. The molecule has 1 saturated heterocycles. The molecule has 1 heterocycles. The van der Waals surface area contributed by atoms with Gasteiger partial charge in [-0.3, -0.25) is 4.99 Å². The number of guanidine groups is 1. The maximum Gasteiger partial charge on any atom is 0.191 e. The van der Waals surface area contributed by atoms with E-state index in [0.29, 0.717) is 11.4 Å². The lowest BCUT2D eigenvalue weighted by molar-refractivity contribution is 0.0673. The van der Waals surface area contributed by atoms with Crippen LogP contribution in [-0.2, 0) is 4.74 Å². The van der Waals surface area contributed by atoms with Gasteiger partial charge in [0.25, 0.3) is 0 Å². The SMILES string of the molecule is CCC1(CN=C(N)N2CCOCC2)CCCC1. The number of nitrogens with zero attached hydrogens (tertiary/aromatic N) is 2. The van der Waals surface area contributed by atoms with E-state index >= 15 is 0 Å². The van der Waals surface area contributed by atoms with Crippen molar-refractivity contribution in [1.82, 2.24) is 4.90 Å². The maximum atomic E-state index is 6.06. The van der Waals surface area contributed by atoms with Gasteiger partial charge >= 0.3 is 0 Å². The summed E-state index contributed by atoms with van der Waals surface area (Å²) in [5.41, 5.74) is 6.50. The summed E-state index contributed by atoms with van der Waals surface area (Å²) < 4.78 is 5.32. The van der Waals surface area contributed by atoms with E-state index < -0.39 is 0 Å². The molecule has 4 heteroatoms. The molecule has 0 unspecified atom stereocenters. The quantitative estimate of drug-likeness (QED) is 0.601. The minimum absolute atomic E-state index is 0.441. The van der Waals surface area contributed by atoms with Crippen LogP contribution in [0.2, 0.25) is 0 Å². The molecule has 0 spiro atoms. The first-order valence-corrected chi connectivity index (χ1v) is 6.88. The van der Waals surface area contributed by atoms with Crippen molar-refractivity contribution in [2.24, 2.45) is 16.1 Å². The number of aliphatic imine (C=N–C) groups is 1. The topological polar surface area (TPSA) is 50.8 Å². The third-order valence-electron chi connectivity index (χ3n) is 4.33. The summed E-state index contributed by atoms with van der Waals surface area (Å²) in [5, 5.41) is 0. The molecule has 4 nitrogen and oxygen atoms in total. The Morgan fingerprint density at radius 3 is 2.53 bits per heavy atom. The van der Waals surface area contributed by atoms with Crippen LogP contribution in [0, 0.1) is 5.41 Å². The average molecular weight is 239 g/mol. The highest BCUT2D eigenvalue weighted by Gasteiger charge is 2.31. The van der Waals surface area contributed by atoms with Gasteiger partial charge in [-0.15, -0.1) is 0 Å². The van der Waals surface area contributed by atoms with E-state index in [0.717, 1.165) is 32.8 Å². The van der Waals surface area contributed by atoms with Gasteiger partial charge in [-0.05, 0) is 24.7 Å². The molecule has 1 saturated carbocycles. The highest BCUT2D eigenvalue weighted by molar-refractivity contribution is 5.78. The molecule has 2 fully saturated rings. The third kappa shape index (κ3) is 3.12. The van der Waals surface area contributed by atoms with Crippen LogP contribution in [0.1, 0.15) is 39.0 Å². The molecule has 0 amide bonds. The standard InChI is InChI=1S/C13H25N3O/c1-2-13(5-3-4-6-13)11-15-12(14)16-7-9-17-10-8-16/h2-11H2,1H3,(H2,14,15). The molecule has 2 aliphatic rings. The fourth-order valence-electron chi connectivity index (χ4n) is 2.89. The normalized spacial score (nSPS) is 25.2. The Kier molecular flexibility index (Phi) is 4.26. The zero-order chi connectivity index (χ0) is 12.1. The maximum absolute atomic E-state index is 6.06. The molecule has 17 heavy (non-hydrogen) atoms. The van der Waals surface area contributed by atoms with Gasteiger partial charge in [-0.1, -0.05) is 19.8 Å². The summed E-state index contributed by atoms with van der Waals surface area (Å²) in [7, 11) is 0. The molecule has 0 atom stereocenters. The lowest BCUT2D eigenvalue weighted by Crippen LogP contribution is -2.45. The van der Waals surface area contributed by atoms with E-state index in [1.165, 1.54) is 32.1 Å². The van der Waals surface area contributed by atoms with Crippen LogP contribution in [-0.4, -0.2) is 43.7 Å². The Morgan fingerprint density at radius 1 is 1.29 bits per heavy atom. The van der Waals surface area contributed by atoms with Gasteiger partial charge < -0.3 is 15.4 Å². The van der Waals surface area contributed by atoms with Crippen molar-refractivity contribution < 1.29 is 4.74 Å². The van der Waals surface area contributed by atoms with Crippen molar-refractivity contribution in [2.45, 2.75) is 39.0 Å². The molecular weight excluding hydrogens is 214 g/mol. The van der Waals surface area contributed by atoms with Gasteiger partial charge in [0.2, 0.25) is 0 Å². The molecular formula is C13H25N3O. The second-order valence-corrected chi connectivity index (χ2v) is 5.33. The number of hydrogen-bond donors (Lipinski definition) is 1. The monoisotopic (exact) mass is 239 g/mol. The van der Waals surface area contributed by atoms with Crippen LogP contribution in [0.25, 0.3) is 0 Å². The molecule has 1 aliphatic carbocycles. The Morgan fingerprint density at radius 2 is 1.94 bits per heavy atom. The lowest BCUT2D eigenvalue weighted by Gasteiger charge is -2.29. The highest BCUT2D eigenvalue weighted by Crippen LogP contribution is 2.41. The van der Waals surface area contributed by atoms with E-state index in [2.05, 4.69) is 16.8 Å². The largest absolute Gasteiger partial charge is 0.378 e. The summed E-state index contributed by atoms with van der Waals surface area (Å²) in [5.74, 6) is 0.716.